The lowest BCUT2D eigenvalue weighted by Gasteiger charge is -2.38. The first-order chi connectivity index (χ1) is 11.7. The summed E-state index contributed by atoms with van der Waals surface area (Å²) in [5, 5.41) is 11.7. The molecular formula is C18H23N5O. The van der Waals surface area contributed by atoms with Gasteiger partial charge in [0.25, 0.3) is 5.91 Å². The van der Waals surface area contributed by atoms with Crippen LogP contribution in [-0.2, 0) is 0 Å². The number of likely N-dealkylation sites (tertiary alicyclic amines) is 1. The zero-order valence-electron chi connectivity index (χ0n) is 14.0. The van der Waals surface area contributed by atoms with Crippen LogP contribution in [0.4, 0.5) is 0 Å². The van der Waals surface area contributed by atoms with Gasteiger partial charge in [-0.1, -0.05) is 22.9 Å². The molecular weight excluding hydrogens is 302 g/mol. The van der Waals surface area contributed by atoms with Crippen molar-refractivity contribution in [2.24, 2.45) is 5.41 Å². The van der Waals surface area contributed by atoms with E-state index >= 15 is 0 Å². The number of aryl methyl sites for hydroxylation is 1. The fourth-order valence-corrected chi connectivity index (χ4v) is 3.75. The minimum absolute atomic E-state index is 0.00540. The van der Waals surface area contributed by atoms with Crippen LogP contribution in [0, 0.1) is 12.3 Å². The molecule has 24 heavy (non-hydrogen) atoms. The van der Waals surface area contributed by atoms with Gasteiger partial charge in [-0.25, -0.2) is 4.68 Å². The zero-order valence-corrected chi connectivity index (χ0v) is 14.0. The largest absolute Gasteiger partial charge is 0.337 e. The molecule has 0 unspecified atom stereocenters. The Labute approximate surface area is 141 Å². The van der Waals surface area contributed by atoms with Gasteiger partial charge in [0, 0.05) is 19.6 Å². The fraction of sp³-hybridized carbons (Fsp3) is 0.500. The summed E-state index contributed by atoms with van der Waals surface area (Å²) in [4.78, 5) is 14.6. The third kappa shape index (κ3) is 2.82. The summed E-state index contributed by atoms with van der Waals surface area (Å²) in [6.07, 6.45) is 5.13. The van der Waals surface area contributed by atoms with E-state index < -0.39 is 0 Å². The Balaban J connectivity index is 1.45. The number of benzene rings is 1. The summed E-state index contributed by atoms with van der Waals surface area (Å²) in [7, 11) is 0. The van der Waals surface area contributed by atoms with Crippen LogP contribution in [0.25, 0.3) is 5.69 Å². The van der Waals surface area contributed by atoms with Crippen LogP contribution in [-0.4, -0.2) is 52.0 Å². The van der Waals surface area contributed by atoms with E-state index in [0.717, 1.165) is 44.7 Å². The summed E-state index contributed by atoms with van der Waals surface area (Å²) in [5.74, 6) is -0.00540. The minimum Gasteiger partial charge on any atom is -0.337 e. The van der Waals surface area contributed by atoms with Crippen LogP contribution in [0.2, 0.25) is 0 Å². The van der Waals surface area contributed by atoms with E-state index in [1.54, 1.807) is 10.9 Å². The zero-order chi connectivity index (χ0) is 16.6. The Hall–Kier alpha value is -2.21. The highest BCUT2D eigenvalue weighted by Crippen LogP contribution is 2.37. The molecule has 0 saturated carbocycles. The topological polar surface area (TPSA) is 63.1 Å². The Morgan fingerprint density at radius 2 is 1.92 bits per heavy atom. The maximum absolute atomic E-state index is 12.7. The van der Waals surface area contributed by atoms with Gasteiger partial charge in [-0.15, -0.1) is 5.10 Å². The summed E-state index contributed by atoms with van der Waals surface area (Å²) in [5.41, 5.74) is 2.95. The third-order valence-electron chi connectivity index (χ3n) is 5.45. The average Bonchev–Trinajstić information content (AvgIpc) is 3.26. The smallest absolute Gasteiger partial charge is 0.276 e. The SMILES string of the molecule is Cc1ccc(-n2cc(C(=O)N3CCC4(CCNC4)CC3)nn2)cc1. The van der Waals surface area contributed by atoms with Gasteiger partial charge in [-0.05, 0) is 50.3 Å². The summed E-state index contributed by atoms with van der Waals surface area (Å²) in [6.45, 7) is 5.89. The van der Waals surface area contributed by atoms with Gasteiger partial charge >= 0.3 is 0 Å². The van der Waals surface area contributed by atoms with Crippen LogP contribution in [0.5, 0.6) is 0 Å². The molecule has 2 aliphatic rings. The molecule has 3 heterocycles. The molecule has 2 aromatic rings. The van der Waals surface area contributed by atoms with Crippen LogP contribution in [0.3, 0.4) is 0 Å². The van der Waals surface area contributed by atoms with Crippen molar-refractivity contribution in [1.29, 1.82) is 0 Å². The highest BCUT2D eigenvalue weighted by molar-refractivity contribution is 5.92. The molecule has 2 saturated heterocycles. The number of hydrogen-bond donors (Lipinski definition) is 1. The normalized spacial score (nSPS) is 19.8. The number of piperidine rings is 1. The van der Waals surface area contributed by atoms with E-state index in [-0.39, 0.29) is 5.91 Å². The van der Waals surface area contributed by atoms with E-state index in [1.165, 1.54) is 12.0 Å². The Bertz CT molecular complexity index is 720. The molecule has 126 valence electrons. The van der Waals surface area contributed by atoms with Crippen molar-refractivity contribution in [3.63, 3.8) is 0 Å². The first kappa shape index (κ1) is 15.3. The van der Waals surface area contributed by atoms with Crippen molar-refractivity contribution in [1.82, 2.24) is 25.2 Å². The molecule has 1 spiro atoms. The molecule has 2 fully saturated rings. The number of nitrogens with zero attached hydrogens (tertiary/aromatic N) is 4. The van der Waals surface area contributed by atoms with Gasteiger partial charge in [0.15, 0.2) is 5.69 Å². The second-order valence-corrected chi connectivity index (χ2v) is 7.10. The van der Waals surface area contributed by atoms with Gasteiger partial charge in [0.05, 0.1) is 11.9 Å². The van der Waals surface area contributed by atoms with Crippen molar-refractivity contribution >= 4 is 5.91 Å². The summed E-state index contributed by atoms with van der Waals surface area (Å²) >= 11 is 0. The van der Waals surface area contributed by atoms with Gasteiger partial charge in [-0.3, -0.25) is 4.79 Å². The van der Waals surface area contributed by atoms with Gasteiger partial charge in [-0.2, -0.15) is 0 Å². The van der Waals surface area contributed by atoms with E-state index in [4.69, 9.17) is 0 Å². The summed E-state index contributed by atoms with van der Waals surface area (Å²) < 4.78 is 1.67. The number of carbonyl (C=O) groups excluding carboxylic acids is 1. The first-order valence-electron chi connectivity index (χ1n) is 8.65. The second kappa shape index (κ2) is 6.02. The second-order valence-electron chi connectivity index (χ2n) is 7.10. The molecule has 1 N–H and O–H groups in total. The number of amides is 1. The molecule has 1 aromatic carbocycles. The van der Waals surface area contributed by atoms with Gasteiger partial charge in [0.1, 0.15) is 0 Å². The monoisotopic (exact) mass is 325 g/mol. The maximum Gasteiger partial charge on any atom is 0.276 e. The number of carbonyl (C=O) groups is 1. The average molecular weight is 325 g/mol. The van der Waals surface area contributed by atoms with Crippen LogP contribution < -0.4 is 5.32 Å². The van der Waals surface area contributed by atoms with Gasteiger partial charge < -0.3 is 10.2 Å². The molecule has 0 radical (unpaired) electrons. The molecule has 2 aliphatic heterocycles. The van der Waals surface area contributed by atoms with E-state index in [0.29, 0.717) is 11.1 Å². The Kier molecular flexibility index (Phi) is 3.84. The predicted octanol–water partition coefficient (Wildman–Crippen LogP) is 1.79. The molecule has 0 aliphatic carbocycles. The number of hydrogen-bond acceptors (Lipinski definition) is 4. The lowest BCUT2D eigenvalue weighted by Crippen LogP contribution is -2.44. The van der Waals surface area contributed by atoms with Gasteiger partial charge in [0.2, 0.25) is 0 Å². The van der Waals surface area contributed by atoms with E-state index in [9.17, 15) is 4.79 Å². The van der Waals surface area contributed by atoms with Crippen molar-refractivity contribution in [2.75, 3.05) is 26.2 Å². The number of nitrogens with one attached hydrogen (secondary N) is 1. The van der Waals surface area contributed by atoms with Crippen molar-refractivity contribution < 1.29 is 4.79 Å². The predicted molar refractivity (Wildman–Crippen MR) is 91.2 cm³/mol. The minimum atomic E-state index is -0.00540. The number of aromatic nitrogens is 3. The van der Waals surface area contributed by atoms with Crippen molar-refractivity contribution in [3.05, 3.63) is 41.7 Å². The highest BCUT2D eigenvalue weighted by atomic mass is 16.2. The highest BCUT2D eigenvalue weighted by Gasteiger charge is 2.38. The van der Waals surface area contributed by atoms with Crippen LogP contribution >= 0.6 is 0 Å². The molecule has 6 heteroatoms. The Morgan fingerprint density at radius 1 is 1.17 bits per heavy atom. The van der Waals surface area contributed by atoms with Crippen LogP contribution in [0.15, 0.2) is 30.5 Å². The molecule has 1 aromatic heterocycles. The maximum atomic E-state index is 12.7. The first-order valence-corrected chi connectivity index (χ1v) is 8.65. The lowest BCUT2D eigenvalue weighted by atomic mass is 9.78. The van der Waals surface area contributed by atoms with Crippen molar-refractivity contribution in [3.8, 4) is 5.69 Å². The molecule has 0 atom stereocenters. The third-order valence-corrected chi connectivity index (χ3v) is 5.45. The standard InChI is InChI=1S/C18H23N5O/c1-14-2-4-15(5-3-14)23-12-16(20-21-23)17(24)22-10-7-18(8-11-22)6-9-19-13-18/h2-5,12,19H,6-11,13H2,1H3. The molecule has 4 rings (SSSR count). The van der Waals surface area contributed by atoms with E-state index in [2.05, 4.69) is 15.6 Å². The lowest BCUT2D eigenvalue weighted by molar-refractivity contribution is 0.0602. The Morgan fingerprint density at radius 3 is 2.58 bits per heavy atom. The fourth-order valence-electron chi connectivity index (χ4n) is 3.75. The number of rotatable bonds is 2. The quantitative estimate of drug-likeness (QED) is 0.914. The summed E-state index contributed by atoms with van der Waals surface area (Å²) in [6, 6.07) is 8.02. The van der Waals surface area contributed by atoms with Crippen molar-refractivity contribution in [2.45, 2.75) is 26.2 Å². The molecule has 1 amide bonds. The molecule has 6 nitrogen and oxygen atoms in total. The van der Waals surface area contributed by atoms with Crippen LogP contribution in [0.1, 0.15) is 35.3 Å². The van der Waals surface area contributed by atoms with E-state index in [1.807, 2.05) is 36.1 Å². The molecule has 0 bridgehead atoms.